The van der Waals surface area contributed by atoms with Gasteiger partial charge in [-0.3, -0.25) is 0 Å². The van der Waals surface area contributed by atoms with Gasteiger partial charge in [0.15, 0.2) is 0 Å². The van der Waals surface area contributed by atoms with Gasteiger partial charge in [0.05, 0.1) is 0 Å². The Labute approximate surface area is 190 Å². The minimum Gasteiger partial charge on any atom is -0.0622 e. The molecular weight excluding hydrogens is 384 g/mol. The van der Waals surface area contributed by atoms with Crippen LogP contribution in [0.1, 0.15) is 44.2 Å². The summed E-state index contributed by atoms with van der Waals surface area (Å²) in [7, 11) is 0. The molecule has 0 aliphatic heterocycles. The maximum atomic E-state index is 2.52. The molecule has 0 nitrogen and oxygen atoms in total. The smallest absolute Gasteiger partial charge is 0.00263 e. The lowest BCUT2D eigenvalue weighted by atomic mass is 9.81. The van der Waals surface area contributed by atoms with Gasteiger partial charge in [-0.05, 0) is 84.8 Å². The van der Waals surface area contributed by atoms with Crippen LogP contribution in [-0.4, -0.2) is 0 Å². The van der Waals surface area contributed by atoms with Crippen molar-refractivity contribution in [3.8, 4) is 22.3 Å². The number of rotatable bonds is 2. The van der Waals surface area contributed by atoms with Crippen molar-refractivity contribution in [2.75, 3.05) is 0 Å². The van der Waals surface area contributed by atoms with Crippen molar-refractivity contribution in [2.24, 2.45) is 0 Å². The molecule has 1 aliphatic carbocycles. The first kappa shape index (κ1) is 19.3. The van der Waals surface area contributed by atoms with Crippen LogP contribution in [0.4, 0.5) is 0 Å². The molecule has 0 heteroatoms. The molecule has 0 N–H and O–H groups in total. The number of hydrogen-bond donors (Lipinski definition) is 0. The molecular formula is C32H28. The third-order valence-corrected chi connectivity index (χ3v) is 7.40. The monoisotopic (exact) mass is 412 g/mol. The Balaban J connectivity index is 1.86. The highest BCUT2D eigenvalue weighted by molar-refractivity contribution is 6.21. The molecule has 0 spiro atoms. The lowest BCUT2D eigenvalue weighted by molar-refractivity contribution is 0.489. The van der Waals surface area contributed by atoms with E-state index in [1.165, 1.54) is 61.3 Å². The summed E-state index contributed by atoms with van der Waals surface area (Å²) in [6.07, 6.45) is 1.21. The zero-order valence-electron chi connectivity index (χ0n) is 19.0. The van der Waals surface area contributed by atoms with E-state index in [4.69, 9.17) is 0 Å². The van der Waals surface area contributed by atoms with Gasteiger partial charge >= 0.3 is 0 Å². The van der Waals surface area contributed by atoms with Gasteiger partial charge in [-0.25, -0.2) is 0 Å². The van der Waals surface area contributed by atoms with E-state index in [1.54, 1.807) is 0 Å². The van der Waals surface area contributed by atoms with Crippen LogP contribution in [0.5, 0.6) is 0 Å². The minimum absolute atomic E-state index is 0.204. The van der Waals surface area contributed by atoms with Gasteiger partial charge in [0.25, 0.3) is 0 Å². The van der Waals surface area contributed by atoms with Gasteiger partial charge in [-0.1, -0.05) is 106 Å². The molecule has 156 valence electrons. The second-order valence-electron chi connectivity index (χ2n) is 10.0. The molecule has 32 heavy (non-hydrogen) atoms. The van der Waals surface area contributed by atoms with Gasteiger partial charge in [0.1, 0.15) is 0 Å². The summed E-state index contributed by atoms with van der Waals surface area (Å²) in [5.41, 5.74) is 8.54. The van der Waals surface area contributed by atoms with Crippen molar-refractivity contribution in [3.05, 3.63) is 108 Å². The highest BCUT2D eigenvalue weighted by Gasteiger charge is 2.35. The van der Waals surface area contributed by atoms with Crippen LogP contribution >= 0.6 is 0 Å². The molecule has 0 bridgehead atoms. The number of fused-ring (bicyclic) bond motifs is 3. The van der Waals surface area contributed by atoms with Crippen molar-refractivity contribution in [3.63, 3.8) is 0 Å². The van der Waals surface area contributed by atoms with Crippen molar-refractivity contribution < 1.29 is 0 Å². The summed E-state index contributed by atoms with van der Waals surface area (Å²) in [6.45, 7) is 7.20. The largest absolute Gasteiger partial charge is 0.0622 e. The highest BCUT2D eigenvalue weighted by Crippen LogP contribution is 2.51. The second-order valence-corrected chi connectivity index (χ2v) is 10.0. The van der Waals surface area contributed by atoms with Gasteiger partial charge in [0, 0.05) is 0 Å². The summed E-state index contributed by atoms with van der Waals surface area (Å²) in [5.74, 6) is 0.583. The Morgan fingerprint density at radius 3 is 1.59 bits per heavy atom. The normalized spacial score (nSPS) is 17.0. The molecule has 1 atom stereocenters. The average molecular weight is 413 g/mol. The van der Waals surface area contributed by atoms with E-state index in [-0.39, 0.29) is 5.41 Å². The third kappa shape index (κ3) is 2.83. The molecule has 5 aromatic carbocycles. The van der Waals surface area contributed by atoms with Crippen molar-refractivity contribution in [1.82, 2.24) is 0 Å². The van der Waals surface area contributed by atoms with Crippen LogP contribution in [-0.2, 0) is 5.41 Å². The van der Waals surface area contributed by atoms with Crippen molar-refractivity contribution in [2.45, 2.75) is 38.5 Å². The summed E-state index contributed by atoms with van der Waals surface area (Å²) >= 11 is 0. The van der Waals surface area contributed by atoms with E-state index in [0.29, 0.717) is 5.92 Å². The summed E-state index contributed by atoms with van der Waals surface area (Å²) in [6, 6.07) is 35.8. The first-order valence-corrected chi connectivity index (χ1v) is 11.7. The molecule has 0 saturated heterocycles. The van der Waals surface area contributed by atoms with Crippen LogP contribution in [0.15, 0.2) is 97.1 Å². The molecule has 1 unspecified atom stereocenters. The first-order valence-electron chi connectivity index (χ1n) is 11.7. The third-order valence-electron chi connectivity index (χ3n) is 7.40. The van der Waals surface area contributed by atoms with Crippen LogP contribution in [0.2, 0.25) is 0 Å². The van der Waals surface area contributed by atoms with E-state index in [2.05, 4.69) is 118 Å². The number of benzene rings is 5. The Hall–Kier alpha value is -3.38. The van der Waals surface area contributed by atoms with Gasteiger partial charge < -0.3 is 0 Å². The van der Waals surface area contributed by atoms with Crippen LogP contribution in [0.25, 0.3) is 43.8 Å². The maximum absolute atomic E-state index is 2.52. The fourth-order valence-electron chi connectivity index (χ4n) is 6.05. The predicted molar refractivity (Wildman–Crippen MR) is 138 cm³/mol. The van der Waals surface area contributed by atoms with Crippen molar-refractivity contribution in [1.29, 1.82) is 0 Å². The van der Waals surface area contributed by atoms with E-state index >= 15 is 0 Å². The predicted octanol–water partition coefficient (Wildman–Crippen LogP) is 9.11. The Bertz CT molecular complexity index is 1460. The minimum atomic E-state index is 0.204. The Morgan fingerprint density at radius 2 is 1.06 bits per heavy atom. The quantitative estimate of drug-likeness (QED) is 0.254. The molecule has 0 fully saturated rings. The molecule has 5 aromatic rings. The molecule has 0 radical (unpaired) electrons. The van der Waals surface area contributed by atoms with E-state index in [9.17, 15) is 0 Å². The molecule has 1 aliphatic rings. The fraction of sp³-hybridized carbons (Fsp3) is 0.188. The summed E-state index contributed by atoms with van der Waals surface area (Å²) in [5, 5.41) is 5.40. The number of hydrogen-bond acceptors (Lipinski definition) is 0. The molecule has 0 saturated carbocycles. The van der Waals surface area contributed by atoms with Crippen LogP contribution < -0.4 is 0 Å². The lowest BCUT2D eigenvalue weighted by Gasteiger charge is -2.22. The Morgan fingerprint density at radius 1 is 0.594 bits per heavy atom. The summed E-state index contributed by atoms with van der Waals surface area (Å²) in [4.78, 5) is 0. The van der Waals surface area contributed by atoms with Crippen LogP contribution in [0.3, 0.4) is 0 Å². The van der Waals surface area contributed by atoms with E-state index in [0.717, 1.165) is 0 Å². The zero-order chi connectivity index (χ0) is 21.9. The molecule has 0 heterocycles. The van der Waals surface area contributed by atoms with Gasteiger partial charge in [-0.2, -0.15) is 0 Å². The summed E-state index contributed by atoms with van der Waals surface area (Å²) < 4.78 is 0. The second kappa shape index (κ2) is 7.07. The molecule has 0 amide bonds. The molecule has 0 aromatic heterocycles. The SMILES string of the molecule is CC1CC(C)(C)c2cc3c(-c4ccccc4)c4ccccc4c(-c4ccccc4)c3cc21. The highest BCUT2D eigenvalue weighted by atomic mass is 14.4. The lowest BCUT2D eigenvalue weighted by Crippen LogP contribution is -2.12. The van der Waals surface area contributed by atoms with E-state index in [1.807, 2.05) is 0 Å². The zero-order valence-corrected chi connectivity index (χ0v) is 19.0. The average Bonchev–Trinajstić information content (AvgIpc) is 3.04. The molecule has 6 rings (SSSR count). The topological polar surface area (TPSA) is 0 Å². The Kier molecular flexibility index (Phi) is 4.27. The fourth-order valence-corrected chi connectivity index (χ4v) is 6.05. The standard InChI is InChI=1S/C32H28/c1-21-20-32(2,3)29-19-28-27(18-26(21)29)30(22-12-6-4-7-13-22)24-16-10-11-17-25(24)31(28)23-14-8-5-9-15-23/h4-19,21H,20H2,1-3H3. The van der Waals surface area contributed by atoms with E-state index < -0.39 is 0 Å². The first-order chi connectivity index (χ1) is 15.5. The van der Waals surface area contributed by atoms with Gasteiger partial charge in [0.2, 0.25) is 0 Å². The van der Waals surface area contributed by atoms with Crippen LogP contribution in [0, 0.1) is 0 Å². The van der Waals surface area contributed by atoms with Gasteiger partial charge in [-0.15, -0.1) is 0 Å². The van der Waals surface area contributed by atoms with Crippen molar-refractivity contribution >= 4 is 21.5 Å². The maximum Gasteiger partial charge on any atom is -0.00263 e.